The molecule has 0 fully saturated rings. The Kier molecular flexibility index (Phi) is 4.84. The molecule has 0 aliphatic carbocycles. The van der Waals surface area contributed by atoms with Gasteiger partial charge in [0.15, 0.2) is 0 Å². The molecule has 0 atom stereocenters. The second-order valence-corrected chi connectivity index (χ2v) is 4.65. The van der Waals surface area contributed by atoms with Crippen LogP contribution in [0, 0.1) is 6.92 Å². The number of hydrogen-bond donors (Lipinski definition) is 2. The Morgan fingerprint density at radius 1 is 1.25 bits per heavy atom. The molecule has 6 nitrogen and oxygen atoms in total. The van der Waals surface area contributed by atoms with E-state index in [0.717, 1.165) is 11.3 Å². The number of nitrogens with zero attached hydrogens (tertiary/aromatic N) is 3. The van der Waals surface area contributed by atoms with Crippen molar-refractivity contribution in [3.63, 3.8) is 0 Å². The zero-order valence-corrected chi connectivity index (χ0v) is 11.8. The van der Waals surface area contributed by atoms with Crippen molar-refractivity contribution in [3.05, 3.63) is 47.3 Å². The van der Waals surface area contributed by atoms with Crippen molar-refractivity contribution in [2.24, 2.45) is 7.05 Å². The Hall–Kier alpha value is -2.21. The third-order valence-electron chi connectivity index (χ3n) is 3.02. The number of amides is 1. The number of rotatable bonds is 6. The Morgan fingerprint density at radius 2 is 2.00 bits per heavy atom. The minimum Gasteiger partial charge on any atom is -0.351 e. The number of aromatic nitrogens is 3. The van der Waals surface area contributed by atoms with Crippen LogP contribution in [-0.2, 0) is 13.6 Å². The van der Waals surface area contributed by atoms with Crippen LogP contribution in [0.25, 0.3) is 0 Å². The molecular formula is C14H19N5O. The van der Waals surface area contributed by atoms with E-state index in [-0.39, 0.29) is 5.91 Å². The first-order valence-electron chi connectivity index (χ1n) is 6.56. The van der Waals surface area contributed by atoms with Gasteiger partial charge in [0.05, 0.1) is 11.9 Å². The van der Waals surface area contributed by atoms with Gasteiger partial charge in [-0.25, -0.2) is 0 Å². The second kappa shape index (κ2) is 6.81. The summed E-state index contributed by atoms with van der Waals surface area (Å²) in [5, 5.41) is 13.7. The SMILES string of the molecule is Cc1ccc(C(=O)NCCNCc2cnnn2C)cc1. The lowest BCUT2D eigenvalue weighted by molar-refractivity contribution is 0.0954. The minimum absolute atomic E-state index is 0.0472. The number of nitrogens with one attached hydrogen (secondary N) is 2. The molecule has 0 saturated carbocycles. The van der Waals surface area contributed by atoms with Gasteiger partial charge in [-0.05, 0) is 19.1 Å². The average Bonchev–Trinajstić information content (AvgIpc) is 2.84. The maximum Gasteiger partial charge on any atom is 0.251 e. The van der Waals surface area contributed by atoms with Gasteiger partial charge in [-0.15, -0.1) is 5.10 Å². The summed E-state index contributed by atoms with van der Waals surface area (Å²) in [7, 11) is 1.85. The number of benzene rings is 1. The van der Waals surface area contributed by atoms with Crippen molar-refractivity contribution in [3.8, 4) is 0 Å². The van der Waals surface area contributed by atoms with E-state index in [2.05, 4.69) is 20.9 Å². The molecule has 1 aromatic heterocycles. The zero-order chi connectivity index (χ0) is 14.4. The molecule has 0 aliphatic rings. The molecule has 0 bridgehead atoms. The summed E-state index contributed by atoms with van der Waals surface area (Å²) in [5.41, 5.74) is 2.84. The van der Waals surface area contributed by atoms with Gasteiger partial charge in [-0.2, -0.15) is 0 Å². The van der Waals surface area contributed by atoms with Gasteiger partial charge in [-0.1, -0.05) is 22.9 Å². The molecular weight excluding hydrogens is 254 g/mol. The van der Waals surface area contributed by atoms with Gasteiger partial charge in [0.2, 0.25) is 0 Å². The van der Waals surface area contributed by atoms with Crippen LogP contribution < -0.4 is 10.6 Å². The molecule has 1 aromatic carbocycles. The maximum atomic E-state index is 11.8. The van der Waals surface area contributed by atoms with E-state index in [0.29, 0.717) is 25.2 Å². The molecule has 0 radical (unpaired) electrons. The lowest BCUT2D eigenvalue weighted by Crippen LogP contribution is -2.31. The second-order valence-electron chi connectivity index (χ2n) is 4.65. The van der Waals surface area contributed by atoms with Crippen molar-refractivity contribution in [2.45, 2.75) is 13.5 Å². The molecule has 0 aliphatic heterocycles. The highest BCUT2D eigenvalue weighted by Gasteiger charge is 2.03. The van der Waals surface area contributed by atoms with Gasteiger partial charge < -0.3 is 10.6 Å². The monoisotopic (exact) mass is 273 g/mol. The highest BCUT2D eigenvalue weighted by atomic mass is 16.1. The quantitative estimate of drug-likeness (QED) is 0.758. The van der Waals surface area contributed by atoms with E-state index in [1.807, 2.05) is 38.2 Å². The summed E-state index contributed by atoms with van der Waals surface area (Å²) < 4.78 is 1.72. The lowest BCUT2D eigenvalue weighted by atomic mass is 10.1. The normalized spacial score (nSPS) is 10.5. The van der Waals surface area contributed by atoms with E-state index >= 15 is 0 Å². The predicted octanol–water partition coefficient (Wildman–Crippen LogP) is 0.643. The van der Waals surface area contributed by atoms with E-state index in [9.17, 15) is 4.79 Å². The summed E-state index contributed by atoms with van der Waals surface area (Å²) >= 11 is 0. The van der Waals surface area contributed by atoms with Crippen molar-refractivity contribution in [1.29, 1.82) is 0 Å². The van der Waals surface area contributed by atoms with Crippen molar-refractivity contribution in [1.82, 2.24) is 25.6 Å². The summed E-state index contributed by atoms with van der Waals surface area (Å²) in [5.74, 6) is -0.0472. The molecule has 20 heavy (non-hydrogen) atoms. The number of hydrogen-bond acceptors (Lipinski definition) is 4. The minimum atomic E-state index is -0.0472. The molecule has 0 saturated heterocycles. The first-order chi connectivity index (χ1) is 9.66. The van der Waals surface area contributed by atoms with Crippen molar-refractivity contribution >= 4 is 5.91 Å². The Morgan fingerprint density at radius 3 is 2.65 bits per heavy atom. The Balaban J connectivity index is 1.67. The van der Waals surface area contributed by atoms with Crippen LogP contribution >= 0.6 is 0 Å². The number of carbonyl (C=O) groups is 1. The lowest BCUT2D eigenvalue weighted by Gasteiger charge is -2.07. The predicted molar refractivity (Wildman–Crippen MR) is 76.2 cm³/mol. The van der Waals surface area contributed by atoms with Crippen LogP contribution in [0.3, 0.4) is 0 Å². The molecule has 106 valence electrons. The third kappa shape index (κ3) is 3.89. The molecule has 2 aromatic rings. The van der Waals surface area contributed by atoms with Crippen LogP contribution in [0.2, 0.25) is 0 Å². The molecule has 1 heterocycles. The summed E-state index contributed by atoms with van der Waals surface area (Å²) in [4.78, 5) is 11.8. The molecule has 2 rings (SSSR count). The first-order valence-corrected chi connectivity index (χ1v) is 6.56. The largest absolute Gasteiger partial charge is 0.351 e. The third-order valence-corrected chi connectivity index (χ3v) is 3.02. The summed E-state index contributed by atoms with van der Waals surface area (Å²) in [6.45, 7) is 3.96. The fraction of sp³-hybridized carbons (Fsp3) is 0.357. The van der Waals surface area contributed by atoms with Gasteiger partial charge in [-0.3, -0.25) is 9.48 Å². The molecule has 2 N–H and O–H groups in total. The highest BCUT2D eigenvalue weighted by molar-refractivity contribution is 5.94. The van der Waals surface area contributed by atoms with Crippen LogP contribution in [0.15, 0.2) is 30.5 Å². The van der Waals surface area contributed by atoms with Crippen LogP contribution in [0.5, 0.6) is 0 Å². The zero-order valence-electron chi connectivity index (χ0n) is 11.8. The fourth-order valence-corrected chi connectivity index (χ4v) is 1.76. The molecule has 6 heteroatoms. The van der Waals surface area contributed by atoms with Gasteiger partial charge in [0.25, 0.3) is 5.91 Å². The average molecular weight is 273 g/mol. The number of carbonyl (C=O) groups excluding carboxylic acids is 1. The van der Waals surface area contributed by atoms with E-state index < -0.39 is 0 Å². The van der Waals surface area contributed by atoms with Crippen LogP contribution in [0.4, 0.5) is 0 Å². The maximum absolute atomic E-state index is 11.8. The summed E-state index contributed by atoms with van der Waals surface area (Å²) in [6.07, 6.45) is 1.72. The Bertz CT molecular complexity index is 561. The summed E-state index contributed by atoms with van der Waals surface area (Å²) in [6, 6.07) is 7.53. The fourth-order valence-electron chi connectivity index (χ4n) is 1.76. The van der Waals surface area contributed by atoms with E-state index in [1.165, 1.54) is 0 Å². The van der Waals surface area contributed by atoms with Crippen LogP contribution in [-0.4, -0.2) is 34.0 Å². The van der Waals surface area contributed by atoms with Gasteiger partial charge in [0.1, 0.15) is 0 Å². The highest BCUT2D eigenvalue weighted by Crippen LogP contribution is 2.02. The molecule has 0 unspecified atom stereocenters. The molecule has 0 spiro atoms. The first kappa shape index (κ1) is 14.2. The Labute approximate surface area is 118 Å². The standard InChI is InChI=1S/C14H19N5O/c1-11-3-5-12(6-4-11)14(20)16-8-7-15-9-13-10-17-18-19(13)2/h3-6,10,15H,7-9H2,1-2H3,(H,16,20). The van der Waals surface area contributed by atoms with E-state index in [4.69, 9.17) is 0 Å². The number of aryl methyl sites for hydroxylation is 2. The van der Waals surface area contributed by atoms with Crippen molar-refractivity contribution in [2.75, 3.05) is 13.1 Å². The van der Waals surface area contributed by atoms with Gasteiger partial charge in [0, 0.05) is 32.2 Å². The van der Waals surface area contributed by atoms with Crippen molar-refractivity contribution < 1.29 is 4.79 Å². The van der Waals surface area contributed by atoms with Gasteiger partial charge >= 0.3 is 0 Å². The smallest absolute Gasteiger partial charge is 0.251 e. The van der Waals surface area contributed by atoms with Crippen LogP contribution in [0.1, 0.15) is 21.6 Å². The topological polar surface area (TPSA) is 71.8 Å². The molecule has 1 amide bonds. The van der Waals surface area contributed by atoms with E-state index in [1.54, 1.807) is 10.9 Å².